The van der Waals surface area contributed by atoms with Gasteiger partial charge in [0.15, 0.2) is 0 Å². The predicted molar refractivity (Wildman–Crippen MR) is 128 cm³/mol. The Labute approximate surface area is 201 Å². The molecule has 0 atom stereocenters. The zero-order valence-electron chi connectivity index (χ0n) is 18.3. The molecule has 2 aromatic carbocycles. The van der Waals surface area contributed by atoms with Crippen LogP contribution in [0.1, 0.15) is 18.4 Å². The van der Waals surface area contributed by atoms with Crippen LogP contribution in [0.3, 0.4) is 0 Å². The summed E-state index contributed by atoms with van der Waals surface area (Å²) < 4.78 is 40.2. The van der Waals surface area contributed by atoms with Crippen LogP contribution in [0.4, 0.5) is 21.6 Å². The van der Waals surface area contributed by atoms with Gasteiger partial charge < -0.3 is 10.4 Å². The number of piperidine rings is 1. The van der Waals surface area contributed by atoms with Crippen molar-refractivity contribution in [3.8, 4) is 0 Å². The minimum absolute atomic E-state index is 0.0447. The van der Waals surface area contributed by atoms with Crippen LogP contribution in [0.25, 0.3) is 10.9 Å². The molecule has 1 aliphatic heterocycles. The third kappa shape index (κ3) is 5.72. The standard InChI is InChI=1S/C22H23ClFN5O4S/c1-34(32,33)28-19-10-16-20(8-14(19)11-29-6-4-13(5-7-29)22(30)31)25-12-26-21(16)27-15-2-3-18(24)17(23)9-15/h2-3,8-10,12-13,28H,4-7,11H2,1H3,(H,30,31)(H,25,26,27). The van der Waals surface area contributed by atoms with E-state index in [0.717, 1.165) is 6.26 Å². The lowest BCUT2D eigenvalue weighted by Gasteiger charge is -2.30. The van der Waals surface area contributed by atoms with E-state index in [9.17, 15) is 22.7 Å². The molecule has 3 N–H and O–H groups in total. The molecule has 0 aliphatic carbocycles. The average molecular weight is 508 g/mol. The van der Waals surface area contributed by atoms with Crippen molar-refractivity contribution in [3.05, 3.63) is 53.1 Å². The fourth-order valence-corrected chi connectivity index (χ4v) is 4.73. The molecule has 0 spiro atoms. The predicted octanol–water partition coefficient (Wildman–Crippen LogP) is 3.83. The van der Waals surface area contributed by atoms with Crippen molar-refractivity contribution in [2.75, 3.05) is 29.4 Å². The maximum Gasteiger partial charge on any atom is 0.306 e. The summed E-state index contributed by atoms with van der Waals surface area (Å²) in [5.74, 6) is -1.29. The summed E-state index contributed by atoms with van der Waals surface area (Å²) in [7, 11) is -3.58. The number of nitrogens with zero attached hydrogens (tertiary/aromatic N) is 3. The number of carbonyl (C=O) groups is 1. The van der Waals surface area contributed by atoms with Gasteiger partial charge in [-0.2, -0.15) is 0 Å². The molecule has 2 heterocycles. The number of benzene rings is 2. The number of hydrogen-bond donors (Lipinski definition) is 3. The summed E-state index contributed by atoms with van der Waals surface area (Å²) in [5.41, 5.74) is 2.18. The van der Waals surface area contributed by atoms with Gasteiger partial charge in [-0.3, -0.25) is 14.4 Å². The molecule has 34 heavy (non-hydrogen) atoms. The molecule has 12 heteroatoms. The van der Waals surface area contributed by atoms with Gasteiger partial charge in [-0.1, -0.05) is 11.6 Å². The Bertz CT molecular complexity index is 1350. The lowest BCUT2D eigenvalue weighted by Crippen LogP contribution is -2.36. The zero-order valence-corrected chi connectivity index (χ0v) is 19.8. The molecule has 0 bridgehead atoms. The summed E-state index contributed by atoms with van der Waals surface area (Å²) in [4.78, 5) is 21.9. The van der Waals surface area contributed by atoms with Gasteiger partial charge >= 0.3 is 5.97 Å². The fourth-order valence-electron chi connectivity index (χ4n) is 3.96. The molecule has 1 saturated heterocycles. The van der Waals surface area contributed by atoms with Crippen LogP contribution in [-0.4, -0.2) is 53.7 Å². The van der Waals surface area contributed by atoms with Crippen molar-refractivity contribution in [2.45, 2.75) is 19.4 Å². The topological polar surface area (TPSA) is 125 Å². The Morgan fingerprint density at radius 3 is 2.62 bits per heavy atom. The van der Waals surface area contributed by atoms with Crippen LogP contribution in [-0.2, 0) is 21.4 Å². The number of aromatic nitrogens is 2. The number of anilines is 3. The molecule has 1 aliphatic rings. The number of rotatable bonds is 7. The van der Waals surface area contributed by atoms with Gasteiger partial charge in [0.2, 0.25) is 10.0 Å². The highest BCUT2D eigenvalue weighted by Gasteiger charge is 2.25. The van der Waals surface area contributed by atoms with Crippen molar-refractivity contribution in [2.24, 2.45) is 5.92 Å². The minimum Gasteiger partial charge on any atom is -0.481 e. The van der Waals surface area contributed by atoms with E-state index in [1.165, 1.54) is 24.5 Å². The molecular weight excluding hydrogens is 485 g/mol. The molecule has 180 valence electrons. The minimum atomic E-state index is -3.58. The Balaban J connectivity index is 1.68. The molecule has 4 rings (SSSR count). The molecule has 0 radical (unpaired) electrons. The van der Waals surface area contributed by atoms with E-state index in [-0.39, 0.29) is 10.9 Å². The maximum absolute atomic E-state index is 13.5. The first-order valence-electron chi connectivity index (χ1n) is 10.5. The molecule has 0 unspecified atom stereocenters. The molecule has 9 nitrogen and oxygen atoms in total. The summed E-state index contributed by atoms with van der Waals surface area (Å²) in [6, 6.07) is 7.62. The number of likely N-dealkylation sites (tertiary alicyclic amines) is 1. The maximum atomic E-state index is 13.5. The van der Waals surface area contributed by atoms with Crippen LogP contribution in [0.5, 0.6) is 0 Å². The number of aliphatic carboxylic acids is 1. The smallest absolute Gasteiger partial charge is 0.306 e. The highest BCUT2D eigenvalue weighted by Crippen LogP contribution is 2.31. The number of nitrogens with one attached hydrogen (secondary N) is 2. The van der Waals surface area contributed by atoms with E-state index in [1.54, 1.807) is 12.1 Å². The molecule has 0 saturated carbocycles. The Kier molecular flexibility index (Phi) is 6.87. The molecule has 1 fully saturated rings. The Morgan fingerprint density at radius 2 is 1.97 bits per heavy atom. The van der Waals surface area contributed by atoms with Crippen molar-refractivity contribution in [1.82, 2.24) is 14.9 Å². The van der Waals surface area contributed by atoms with Crippen molar-refractivity contribution in [3.63, 3.8) is 0 Å². The number of carboxylic acids is 1. The lowest BCUT2D eigenvalue weighted by atomic mass is 9.96. The Hall–Kier alpha value is -3.02. The van der Waals surface area contributed by atoms with Crippen molar-refractivity contribution >= 4 is 55.7 Å². The van der Waals surface area contributed by atoms with E-state index in [2.05, 4.69) is 24.9 Å². The van der Waals surface area contributed by atoms with E-state index >= 15 is 0 Å². The zero-order chi connectivity index (χ0) is 24.5. The molecule has 1 aromatic heterocycles. The number of hydrogen-bond acceptors (Lipinski definition) is 7. The number of halogens is 2. The molecular formula is C22H23ClFN5O4S. The van der Waals surface area contributed by atoms with Crippen molar-refractivity contribution in [1.29, 1.82) is 0 Å². The monoisotopic (exact) mass is 507 g/mol. The Morgan fingerprint density at radius 1 is 1.24 bits per heavy atom. The van der Waals surface area contributed by atoms with Gasteiger partial charge in [0, 0.05) is 17.6 Å². The highest BCUT2D eigenvalue weighted by molar-refractivity contribution is 7.92. The van der Waals surface area contributed by atoms with Gasteiger partial charge in [-0.25, -0.2) is 22.8 Å². The third-order valence-corrected chi connectivity index (χ3v) is 6.55. The summed E-state index contributed by atoms with van der Waals surface area (Å²) in [6.45, 7) is 1.62. The van der Waals surface area contributed by atoms with Crippen LogP contribution in [0.15, 0.2) is 36.7 Å². The first kappa shape index (κ1) is 24.1. The average Bonchev–Trinajstić information content (AvgIpc) is 2.76. The number of sulfonamides is 1. The summed E-state index contributed by atoms with van der Waals surface area (Å²) in [6.07, 6.45) is 3.52. The van der Waals surface area contributed by atoms with Crippen molar-refractivity contribution < 1.29 is 22.7 Å². The quantitative estimate of drug-likeness (QED) is 0.440. The second-order valence-corrected chi connectivity index (χ2v) is 10.4. The summed E-state index contributed by atoms with van der Waals surface area (Å²) in [5, 5.41) is 12.8. The van der Waals surface area contributed by atoms with Gasteiger partial charge in [0.1, 0.15) is 18.0 Å². The van der Waals surface area contributed by atoms with E-state index < -0.39 is 21.8 Å². The number of carboxylic acid groups (broad SMARTS) is 1. The van der Waals surface area contributed by atoms with E-state index in [4.69, 9.17) is 11.6 Å². The SMILES string of the molecule is CS(=O)(=O)Nc1cc2c(Nc3ccc(F)c(Cl)c3)ncnc2cc1CN1CCC(C(=O)O)CC1. The van der Waals surface area contributed by atoms with Gasteiger partial charge in [0.25, 0.3) is 0 Å². The summed E-state index contributed by atoms with van der Waals surface area (Å²) >= 11 is 5.87. The van der Waals surface area contributed by atoms with Crippen LogP contribution >= 0.6 is 11.6 Å². The largest absolute Gasteiger partial charge is 0.481 e. The van der Waals surface area contributed by atoms with Crippen LogP contribution in [0, 0.1) is 11.7 Å². The lowest BCUT2D eigenvalue weighted by molar-refractivity contribution is -0.143. The molecule has 3 aromatic rings. The second-order valence-electron chi connectivity index (χ2n) is 8.27. The molecule has 0 amide bonds. The van der Waals surface area contributed by atoms with Gasteiger partial charge in [-0.05, 0) is 61.8 Å². The first-order valence-corrected chi connectivity index (χ1v) is 12.8. The first-order chi connectivity index (χ1) is 16.1. The van der Waals surface area contributed by atoms with E-state index in [0.29, 0.717) is 66.1 Å². The van der Waals surface area contributed by atoms with Gasteiger partial charge in [0.05, 0.1) is 28.4 Å². The van der Waals surface area contributed by atoms with Crippen LogP contribution in [0.2, 0.25) is 5.02 Å². The number of fused-ring (bicyclic) bond motifs is 1. The van der Waals surface area contributed by atoms with Gasteiger partial charge in [-0.15, -0.1) is 0 Å². The highest BCUT2D eigenvalue weighted by atomic mass is 35.5. The van der Waals surface area contributed by atoms with E-state index in [1.807, 2.05) is 0 Å². The second kappa shape index (κ2) is 9.69. The normalized spacial score (nSPS) is 15.4. The van der Waals surface area contributed by atoms with Crippen LogP contribution < -0.4 is 10.0 Å². The third-order valence-electron chi connectivity index (χ3n) is 5.67. The fraction of sp³-hybridized carbons (Fsp3) is 0.318.